The second-order valence-electron chi connectivity index (χ2n) is 9.28. The molecule has 1 fully saturated rings. The third-order valence-corrected chi connectivity index (χ3v) is 9.75. The molecule has 1 atom stereocenters. The molecule has 2 aromatic heterocycles. The van der Waals surface area contributed by atoms with E-state index in [4.69, 9.17) is 4.98 Å². The number of carbonyl (C=O) groups excluding carboxylic acids is 1. The number of aromatic nitrogens is 2. The Labute approximate surface area is 219 Å². The third-order valence-electron chi connectivity index (χ3n) is 6.66. The fourth-order valence-electron chi connectivity index (χ4n) is 4.60. The number of fused-ring (bicyclic) bond motifs is 1. The number of nitrogens with zero attached hydrogens (tertiary/aromatic N) is 4. The van der Waals surface area contributed by atoms with Crippen molar-refractivity contribution in [1.82, 2.24) is 14.3 Å². The van der Waals surface area contributed by atoms with Crippen molar-refractivity contribution >= 4 is 42.6 Å². The maximum atomic E-state index is 14.0. The summed E-state index contributed by atoms with van der Waals surface area (Å²) < 4.78 is 42.2. The van der Waals surface area contributed by atoms with E-state index in [0.717, 1.165) is 39.2 Å². The van der Waals surface area contributed by atoms with Crippen molar-refractivity contribution in [2.45, 2.75) is 38.1 Å². The van der Waals surface area contributed by atoms with Crippen LogP contribution in [0.3, 0.4) is 0 Å². The number of halogens is 1. The van der Waals surface area contributed by atoms with Gasteiger partial charge in [0.1, 0.15) is 5.82 Å². The quantitative estimate of drug-likeness (QED) is 0.342. The summed E-state index contributed by atoms with van der Waals surface area (Å²) in [6.07, 6.45) is 2.80. The van der Waals surface area contributed by atoms with E-state index in [-0.39, 0.29) is 23.9 Å². The average molecular weight is 539 g/mol. The maximum Gasteiger partial charge on any atom is 0.243 e. The standard InChI is InChI=1S/C27H27FN4O3S2/c1-18-8-9-19(2)25-24(18)30-27(36-25)32(17-22-7-3-4-14-29-22)26(33)20-6-5-15-31(16-20)37(34,35)23-12-10-21(28)11-13-23/h3-4,7-14,20H,5-6,15-17H2,1-2H3. The van der Waals surface area contributed by atoms with E-state index in [1.807, 2.05) is 44.2 Å². The molecule has 1 unspecified atom stereocenters. The van der Waals surface area contributed by atoms with Crippen LogP contribution < -0.4 is 4.90 Å². The fourth-order valence-corrected chi connectivity index (χ4v) is 7.24. The van der Waals surface area contributed by atoms with Crippen LogP contribution in [0.5, 0.6) is 0 Å². The molecule has 1 amide bonds. The number of carbonyl (C=O) groups is 1. The lowest BCUT2D eigenvalue weighted by atomic mass is 9.98. The van der Waals surface area contributed by atoms with E-state index < -0.39 is 21.8 Å². The van der Waals surface area contributed by atoms with Gasteiger partial charge in [-0.3, -0.25) is 14.7 Å². The van der Waals surface area contributed by atoms with Gasteiger partial charge in [0.15, 0.2) is 5.13 Å². The first-order valence-electron chi connectivity index (χ1n) is 12.1. The minimum absolute atomic E-state index is 0.0180. The summed E-state index contributed by atoms with van der Waals surface area (Å²) in [4.78, 5) is 24.9. The lowest BCUT2D eigenvalue weighted by Gasteiger charge is -2.33. The van der Waals surface area contributed by atoms with E-state index in [1.165, 1.54) is 27.8 Å². The SMILES string of the molecule is Cc1ccc(C)c2sc(N(Cc3ccccn3)C(=O)C3CCCN(S(=O)(=O)c4ccc(F)cc4)C3)nc12. The monoisotopic (exact) mass is 538 g/mol. The van der Waals surface area contributed by atoms with Crippen molar-refractivity contribution in [2.24, 2.45) is 5.92 Å². The number of sulfonamides is 1. The van der Waals surface area contributed by atoms with Crippen molar-refractivity contribution in [3.63, 3.8) is 0 Å². The Balaban J connectivity index is 1.47. The maximum absolute atomic E-state index is 14.0. The molecule has 0 spiro atoms. The van der Waals surface area contributed by atoms with Crippen molar-refractivity contribution in [1.29, 1.82) is 0 Å². The number of hydrogen-bond donors (Lipinski definition) is 0. The minimum atomic E-state index is -3.86. The third kappa shape index (κ3) is 5.14. The molecule has 5 rings (SSSR count). The molecule has 7 nitrogen and oxygen atoms in total. The first-order chi connectivity index (χ1) is 17.7. The van der Waals surface area contributed by atoms with Gasteiger partial charge in [0, 0.05) is 19.3 Å². The van der Waals surface area contributed by atoms with Gasteiger partial charge in [-0.2, -0.15) is 4.31 Å². The van der Waals surface area contributed by atoms with Gasteiger partial charge in [-0.15, -0.1) is 0 Å². The molecule has 0 N–H and O–H groups in total. The van der Waals surface area contributed by atoms with Gasteiger partial charge >= 0.3 is 0 Å². The molecule has 0 saturated carbocycles. The highest BCUT2D eigenvalue weighted by Gasteiger charge is 2.36. The lowest BCUT2D eigenvalue weighted by molar-refractivity contribution is -0.123. The van der Waals surface area contributed by atoms with Crippen LogP contribution in [0.1, 0.15) is 29.7 Å². The van der Waals surface area contributed by atoms with Gasteiger partial charge < -0.3 is 0 Å². The van der Waals surface area contributed by atoms with Crippen LogP contribution in [-0.4, -0.2) is 41.7 Å². The average Bonchev–Trinajstić information content (AvgIpc) is 3.37. The highest BCUT2D eigenvalue weighted by Crippen LogP contribution is 2.35. The van der Waals surface area contributed by atoms with Crippen LogP contribution in [-0.2, 0) is 21.4 Å². The van der Waals surface area contributed by atoms with Crippen LogP contribution in [0.4, 0.5) is 9.52 Å². The molecule has 4 aromatic rings. The zero-order valence-electron chi connectivity index (χ0n) is 20.6. The first kappa shape index (κ1) is 25.4. The summed E-state index contributed by atoms with van der Waals surface area (Å²) >= 11 is 1.46. The van der Waals surface area contributed by atoms with Gasteiger partial charge in [-0.1, -0.05) is 29.5 Å². The van der Waals surface area contributed by atoms with E-state index >= 15 is 0 Å². The molecule has 0 radical (unpaired) electrons. The normalized spacial score (nSPS) is 16.7. The molecule has 1 saturated heterocycles. The van der Waals surface area contributed by atoms with E-state index in [2.05, 4.69) is 4.98 Å². The van der Waals surface area contributed by atoms with Gasteiger partial charge in [0.25, 0.3) is 0 Å². The fraction of sp³-hybridized carbons (Fsp3) is 0.296. The van der Waals surface area contributed by atoms with Crippen LogP contribution in [0, 0.1) is 25.6 Å². The zero-order chi connectivity index (χ0) is 26.2. The summed E-state index contributed by atoms with van der Waals surface area (Å²) in [6.45, 7) is 4.62. The van der Waals surface area contributed by atoms with Crippen LogP contribution in [0.15, 0.2) is 65.7 Å². The summed E-state index contributed by atoms with van der Waals surface area (Å²) in [5.74, 6) is -1.22. The van der Waals surface area contributed by atoms with Crippen LogP contribution in [0.25, 0.3) is 10.2 Å². The molecule has 0 bridgehead atoms. The lowest BCUT2D eigenvalue weighted by Crippen LogP contribution is -2.46. The predicted octanol–water partition coefficient (Wildman–Crippen LogP) is 5.08. The predicted molar refractivity (Wildman–Crippen MR) is 142 cm³/mol. The van der Waals surface area contributed by atoms with Gasteiger partial charge in [-0.25, -0.2) is 17.8 Å². The summed E-state index contributed by atoms with van der Waals surface area (Å²) in [6, 6.07) is 14.4. The molecule has 2 aromatic carbocycles. The highest BCUT2D eigenvalue weighted by molar-refractivity contribution is 7.89. The Morgan fingerprint density at radius 2 is 1.86 bits per heavy atom. The molecule has 1 aliphatic rings. The van der Waals surface area contributed by atoms with E-state index in [9.17, 15) is 17.6 Å². The number of hydrogen-bond acceptors (Lipinski definition) is 6. The molecule has 0 aliphatic carbocycles. The van der Waals surface area contributed by atoms with Crippen molar-refractivity contribution in [3.05, 3.63) is 83.4 Å². The Kier molecular flexibility index (Phi) is 7.06. The Morgan fingerprint density at radius 1 is 1.11 bits per heavy atom. The van der Waals surface area contributed by atoms with E-state index in [1.54, 1.807) is 11.1 Å². The van der Waals surface area contributed by atoms with Crippen molar-refractivity contribution < 1.29 is 17.6 Å². The van der Waals surface area contributed by atoms with Crippen LogP contribution >= 0.6 is 11.3 Å². The Hall–Kier alpha value is -3.21. The Morgan fingerprint density at radius 3 is 2.57 bits per heavy atom. The van der Waals surface area contributed by atoms with Gasteiger partial charge in [-0.05, 0) is 74.2 Å². The smallest absolute Gasteiger partial charge is 0.243 e. The highest BCUT2D eigenvalue weighted by atomic mass is 32.2. The number of benzene rings is 2. The molecule has 10 heteroatoms. The van der Waals surface area contributed by atoms with E-state index in [0.29, 0.717) is 24.5 Å². The minimum Gasteiger partial charge on any atom is -0.282 e. The number of piperidine rings is 1. The summed E-state index contributed by atoms with van der Waals surface area (Å²) in [7, 11) is -3.86. The first-order valence-corrected chi connectivity index (χ1v) is 14.3. The van der Waals surface area contributed by atoms with Gasteiger partial charge in [0.2, 0.25) is 15.9 Å². The largest absolute Gasteiger partial charge is 0.282 e. The number of anilines is 1. The summed E-state index contributed by atoms with van der Waals surface area (Å²) in [5.41, 5.74) is 3.70. The second-order valence-corrected chi connectivity index (χ2v) is 12.2. The second kappa shape index (κ2) is 10.3. The molecule has 192 valence electrons. The number of pyridine rings is 1. The van der Waals surface area contributed by atoms with Crippen molar-refractivity contribution in [3.8, 4) is 0 Å². The van der Waals surface area contributed by atoms with Crippen molar-refractivity contribution in [2.75, 3.05) is 18.0 Å². The molecule has 3 heterocycles. The summed E-state index contributed by atoms with van der Waals surface area (Å²) in [5, 5.41) is 0.571. The van der Waals surface area contributed by atoms with Crippen LogP contribution in [0.2, 0.25) is 0 Å². The molecule has 1 aliphatic heterocycles. The molecule has 37 heavy (non-hydrogen) atoms. The topological polar surface area (TPSA) is 83.5 Å². The molecular weight excluding hydrogens is 511 g/mol. The number of rotatable bonds is 6. The van der Waals surface area contributed by atoms with Gasteiger partial charge in [0.05, 0.1) is 33.3 Å². The Bertz CT molecular complexity index is 1500. The number of aryl methyl sites for hydroxylation is 2. The number of amides is 1. The molecular formula is C27H27FN4O3S2. The zero-order valence-corrected chi connectivity index (χ0v) is 22.2. The number of thiazole rings is 1.